The lowest BCUT2D eigenvalue weighted by molar-refractivity contribution is -0.140. The van der Waals surface area contributed by atoms with Gasteiger partial charge in [0.05, 0.1) is 6.54 Å². The van der Waals surface area contributed by atoms with E-state index >= 15 is 0 Å². The summed E-state index contributed by atoms with van der Waals surface area (Å²) in [6, 6.07) is 0.114. The van der Waals surface area contributed by atoms with E-state index in [-0.39, 0.29) is 30.3 Å². The number of rotatable bonds is 5. The Morgan fingerprint density at radius 3 is 2.60 bits per heavy atom. The maximum absolute atomic E-state index is 12.4. The lowest BCUT2D eigenvalue weighted by atomic mass is 9.77. The van der Waals surface area contributed by atoms with Gasteiger partial charge in [0.15, 0.2) is 0 Å². The number of hydrogen-bond donors (Lipinski definition) is 2. The van der Waals surface area contributed by atoms with Gasteiger partial charge in [-0.1, -0.05) is 20.8 Å². The zero-order valence-corrected chi connectivity index (χ0v) is 13.2. The highest BCUT2D eigenvalue weighted by molar-refractivity contribution is 5.85. The first-order chi connectivity index (χ1) is 9.31. The molecule has 3 unspecified atom stereocenters. The first kappa shape index (κ1) is 17.0. The van der Waals surface area contributed by atoms with Crippen LogP contribution in [0, 0.1) is 17.8 Å². The van der Waals surface area contributed by atoms with E-state index in [1.54, 1.807) is 7.05 Å². The molecule has 116 valence electrons. The van der Waals surface area contributed by atoms with Crippen molar-refractivity contribution >= 4 is 11.8 Å². The molecule has 1 aliphatic rings. The summed E-state index contributed by atoms with van der Waals surface area (Å²) in [4.78, 5) is 25.7. The van der Waals surface area contributed by atoms with Gasteiger partial charge in [-0.2, -0.15) is 0 Å². The highest BCUT2D eigenvalue weighted by atomic mass is 16.2. The van der Waals surface area contributed by atoms with Crippen molar-refractivity contribution in [3.63, 3.8) is 0 Å². The van der Waals surface area contributed by atoms with E-state index in [9.17, 15) is 9.59 Å². The maximum Gasteiger partial charge on any atom is 0.239 e. The molecule has 0 bridgehead atoms. The molecule has 20 heavy (non-hydrogen) atoms. The Bertz CT molecular complexity index is 344. The SMILES string of the molecule is CC(C)CNC(=O)CN(C)C(=O)C1CC(N)CCC1C. The first-order valence-electron chi connectivity index (χ1n) is 7.58. The number of amides is 2. The average Bonchev–Trinajstić information content (AvgIpc) is 2.38. The molecule has 5 nitrogen and oxygen atoms in total. The van der Waals surface area contributed by atoms with Gasteiger partial charge in [0.25, 0.3) is 0 Å². The zero-order valence-electron chi connectivity index (χ0n) is 13.2. The monoisotopic (exact) mass is 283 g/mol. The minimum absolute atomic E-state index is 0.0401. The van der Waals surface area contributed by atoms with Crippen LogP contribution in [-0.2, 0) is 9.59 Å². The molecule has 0 radical (unpaired) electrons. The molecule has 0 heterocycles. The fourth-order valence-electron chi connectivity index (χ4n) is 2.65. The average molecular weight is 283 g/mol. The van der Waals surface area contributed by atoms with E-state index in [1.165, 1.54) is 4.90 Å². The molecule has 0 aromatic carbocycles. The number of carbonyl (C=O) groups is 2. The van der Waals surface area contributed by atoms with Crippen LogP contribution in [-0.4, -0.2) is 42.9 Å². The second-order valence-corrected chi connectivity index (χ2v) is 6.55. The third-order valence-electron chi connectivity index (χ3n) is 4.02. The van der Waals surface area contributed by atoms with Crippen LogP contribution in [0.5, 0.6) is 0 Å². The minimum Gasteiger partial charge on any atom is -0.354 e. The summed E-state index contributed by atoms with van der Waals surface area (Å²) in [6.45, 7) is 6.96. The second kappa shape index (κ2) is 7.62. The third kappa shape index (κ3) is 5.12. The lowest BCUT2D eigenvalue weighted by Gasteiger charge is -2.34. The summed E-state index contributed by atoms with van der Waals surface area (Å²) < 4.78 is 0. The van der Waals surface area contributed by atoms with Crippen molar-refractivity contribution < 1.29 is 9.59 Å². The quantitative estimate of drug-likeness (QED) is 0.790. The number of nitrogens with one attached hydrogen (secondary N) is 1. The number of carbonyl (C=O) groups excluding carboxylic acids is 2. The molecule has 1 saturated carbocycles. The molecular formula is C15H29N3O2. The smallest absolute Gasteiger partial charge is 0.239 e. The van der Waals surface area contributed by atoms with Crippen LogP contribution in [0.4, 0.5) is 0 Å². The second-order valence-electron chi connectivity index (χ2n) is 6.55. The minimum atomic E-state index is -0.0951. The number of hydrogen-bond acceptors (Lipinski definition) is 3. The fourth-order valence-corrected chi connectivity index (χ4v) is 2.65. The van der Waals surface area contributed by atoms with Gasteiger partial charge in [-0.05, 0) is 31.1 Å². The molecule has 1 aliphatic carbocycles. The number of nitrogens with zero attached hydrogens (tertiary/aromatic N) is 1. The molecule has 2 amide bonds. The standard InChI is InChI=1S/C15H29N3O2/c1-10(2)8-17-14(19)9-18(4)15(20)13-7-12(16)6-5-11(13)3/h10-13H,5-9,16H2,1-4H3,(H,17,19). The Labute approximate surface area is 122 Å². The predicted molar refractivity (Wildman–Crippen MR) is 80.0 cm³/mol. The highest BCUT2D eigenvalue weighted by Crippen LogP contribution is 2.30. The summed E-state index contributed by atoms with van der Waals surface area (Å²) in [5.41, 5.74) is 5.96. The van der Waals surface area contributed by atoms with Crippen molar-refractivity contribution in [2.75, 3.05) is 20.1 Å². The van der Waals surface area contributed by atoms with Crippen molar-refractivity contribution in [3.8, 4) is 0 Å². The maximum atomic E-state index is 12.4. The van der Waals surface area contributed by atoms with Crippen LogP contribution in [0.15, 0.2) is 0 Å². The van der Waals surface area contributed by atoms with Crippen molar-refractivity contribution in [1.82, 2.24) is 10.2 Å². The molecular weight excluding hydrogens is 254 g/mol. The van der Waals surface area contributed by atoms with Gasteiger partial charge in [0.2, 0.25) is 11.8 Å². The van der Waals surface area contributed by atoms with Crippen LogP contribution in [0.1, 0.15) is 40.0 Å². The van der Waals surface area contributed by atoms with Gasteiger partial charge in [-0.3, -0.25) is 9.59 Å². The third-order valence-corrected chi connectivity index (χ3v) is 4.02. The first-order valence-corrected chi connectivity index (χ1v) is 7.58. The predicted octanol–water partition coefficient (Wildman–Crippen LogP) is 0.981. The van der Waals surface area contributed by atoms with Gasteiger partial charge in [0.1, 0.15) is 0 Å². The van der Waals surface area contributed by atoms with Crippen molar-refractivity contribution in [2.24, 2.45) is 23.5 Å². The topological polar surface area (TPSA) is 75.4 Å². The van der Waals surface area contributed by atoms with Crippen LogP contribution < -0.4 is 11.1 Å². The molecule has 0 aromatic rings. The molecule has 3 atom stereocenters. The van der Waals surface area contributed by atoms with Crippen molar-refractivity contribution in [3.05, 3.63) is 0 Å². The van der Waals surface area contributed by atoms with Gasteiger partial charge in [-0.25, -0.2) is 0 Å². The normalized spacial score (nSPS) is 26.4. The van der Waals surface area contributed by atoms with Crippen LogP contribution >= 0.6 is 0 Å². The summed E-state index contributed by atoms with van der Waals surface area (Å²) in [6.07, 6.45) is 2.71. The fraction of sp³-hybridized carbons (Fsp3) is 0.867. The van der Waals surface area contributed by atoms with Gasteiger partial charge >= 0.3 is 0 Å². The lowest BCUT2D eigenvalue weighted by Crippen LogP contribution is -2.45. The summed E-state index contributed by atoms with van der Waals surface area (Å²) in [5, 5.41) is 2.83. The van der Waals surface area contributed by atoms with E-state index in [1.807, 2.05) is 13.8 Å². The Hall–Kier alpha value is -1.10. The summed E-state index contributed by atoms with van der Waals surface area (Å²) in [5.74, 6) is 0.677. The van der Waals surface area contributed by atoms with Crippen molar-refractivity contribution in [1.29, 1.82) is 0 Å². The zero-order chi connectivity index (χ0) is 15.3. The summed E-state index contributed by atoms with van der Waals surface area (Å²) >= 11 is 0. The molecule has 0 saturated heterocycles. The molecule has 0 aliphatic heterocycles. The molecule has 0 spiro atoms. The van der Waals surface area contributed by atoms with Crippen molar-refractivity contribution in [2.45, 2.75) is 46.1 Å². The van der Waals surface area contributed by atoms with E-state index < -0.39 is 0 Å². The van der Waals surface area contributed by atoms with Gasteiger partial charge in [0, 0.05) is 25.6 Å². The molecule has 1 fully saturated rings. The van der Waals surface area contributed by atoms with Crippen LogP contribution in [0.2, 0.25) is 0 Å². The van der Waals surface area contributed by atoms with Gasteiger partial charge in [-0.15, -0.1) is 0 Å². The molecule has 5 heteroatoms. The Morgan fingerprint density at radius 1 is 1.35 bits per heavy atom. The molecule has 1 rings (SSSR count). The molecule has 0 aromatic heterocycles. The Morgan fingerprint density at radius 2 is 2.00 bits per heavy atom. The Balaban J connectivity index is 2.47. The Kier molecular flexibility index (Phi) is 6.46. The number of likely N-dealkylation sites (N-methyl/N-ethyl adjacent to an activating group) is 1. The highest BCUT2D eigenvalue weighted by Gasteiger charge is 2.33. The summed E-state index contributed by atoms with van der Waals surface area (Å²) in [7, 11) is 1.70. The van der Waals surface area contributed by atoms with Crippen LogP contribution in [0.3, 0.4) is 0 Å². The number of nitrogens with two attached hydrogens (primary N) is 1. The van der Waals surface area contributed by atoms with Crippen LogP contribution in [0.25, 0.3) is 0 Å². The van der Waals surface area contributed by atoms with E-state index in [0.717, 1.165) is 19.3 Å². The largest absolute Gasteiger partial charge is 0.354 e. The molecule has 3 N–H and O–H groups in total. The van der Waals surface area contributed by atoms with E-state index in [4.69, 9.17) is 5.73 Å². The van der Waals surface area contributed by atoms with Gasteiger partial charge < -0.3 is 16.0 Å². The van der Waals surface area contributed by atoms with E-state index in [2.05, 4.69) is 12.2 Å². The van der Waals surface area contributed by atoms with E-state index in [0.29, 0.717) is 18.4 Å².